The van der Waals surface area contributed by atoms with E-state index in [1.807, 2.05) is 0 Å². The highest BCUT2D eigenvalue weighted by Gasteiger charge is 2.47. The van der Waals surface area contributed by atoms with E-state index in [2.05, 4.69) is 36.1 Å². The molecule has 1 N–H and O–H groups in total. The van der Waals surface area contributed by atoms with Crippen molar-refractivity contribution in [3.05, 3.63) is 29.8 Å². The Kier molecular flexibility index (Phi) is 2.58. The molecule has 1 unspecified atom stereocenters. The summed E-state index contributed by atoms with van der Waals surface area (Å²) in [5, 5.41) is 9.01. The van der Waals surface area contributed by atoms with Crippen LogP contribution in [0.1, 0.15) is 31.7 Å². The number of carboxylic acids is 1. The van der Waals surface area contributed by atoms with Crippen LogP contribution in [0.3, 0.4) is 0 Å². The average Bonchev–Trinajstić information content (AvgIpc) is 2.98. The fourth-order valence-corrected chi connectivity index (χ4v) is 3.12. The Morgan fingerprint density at radius 1 is 1.44 bits per heavy atom. The van der Waals surface area contributed by atoms with Crippen LogP contribution in [-0.2, 0) is 11.2 Å². The summed E-state index contributed by atoms with van der Waals surface area (Å²) < 4.78 is 0. The molecule has 96 valence electrons. The normalized spacial score (nSPS) is 23.8. The van der Waals surface area contributed by atoms with Gasteiger partial charge in [0.1, 0.15) is 0 Å². The van der Waals surface area contributed by atoms with Crippen LogP contribution in [0.25, 0.3) is 0 Å². The van der Waals surface area contributed by atoms with Gasteiger partial charge in [0.2, 0.25) is 0 Å². The SMILES string of the molecule is CC1Cc2ccccc2N1CC1(CC(=O)O)CC1. The van der Waals surface area contributed by atoms with E-state index < -0.39 is 5.97 Å². The van der Waals surface area contributed by atoms with E-state index in [0.717, 1.165) is 25.8 Å². The van der Waals surface area contributed by atoms with Gasteiger partial charge in [-0.25, -0.2) is 0 Å². The van der Waals surface area contributed by atoms with Crippen LogP contribution in [-0.4, -0.2) is 23.7 Å². The van der Waals surface area contributed by atoms with Gasteiger partial charge in [0.25, 0.3) is 0 Å². The zero-order valence-electron chi connectivity index (χ0n) is 10.7. The molecule has 18 heavy (non-hydrogen) atoms. The first-order valence-electron chi connectivity index (χ1n) is 6.66. The summed E-state index contributed by atoms with van der Waals surface area (Å²) >= 11 is 0. The Labute approximate surface area is 107 Å². The molecule has 1 aromatic carbocycles. The molecule has 2 aliphatic rings. The lowest BCUT2D eigenvalue weighted by Crippen LogP contribution is -2.35. The lowest BCUT2D eigenvalue weighted by Gasteiger charge is -2.29. The second kappa shape index (κ2) is 4.01. The summed E-state index contributed by atoms with van der Waals surface area (Å²) in [5.74, 6) is -0.660. The second-order valence-corrected chi connectivity index (χ2v) is 5.88. The van der Waals surface area contributed by atoms with Gasteiger partial charge in [0.15, 0.2) is 0 Å². The predicted molar refractivity (Wildman–Crippen MR) is 70.9 cm³/mol. The number of nitrogens with zero attached hydrogens (tertiary/aromatic N) is 1. The minimum absolute atomic E-state index is 0.0392. The predicted octanol–water partition coefficient (Wildman–Crippen LogP) is 2.69. The second-order valence-electron chi connectivity index (χ2n) is 5.88. The number of aliphatic carboxylic acids is 1. The molecule has 1 fully saturated rings. The first-order valence-corrected chi connectivity index (χ1v) is 6.66. The molecule has 1 aliphatic heterocycles. The highest BCUT2D eigenvalue weighted by molar-refractivity contribution is 5.69. The highest BCUT2D eigenvalue weighted by atomic mass is 16.4. The van der Waals surface area contributed by atoms with Crippen LogP contribution in [0, 0.1) is 5.41 Å². The van der Waals surface area contributed by atoms with Crippen molar-refractivity contribution in [2.75, 3.05) is 11.4 Å². The van der Waals surface area contributed by atoms with Gasteiger partial charge in [0.05, 0.1) is 6.42 Å². The largest absolute Gasteiger partial charge is 0.481 e. The first kappa shape index (κ1) is 11.6. The monoisotopic (exact) mass is 245 g/mol. The summed E-state index contributed by atoms with van der Waals surface area (Å²) in [6.45, 7) is 3.13. The summed E-state index contributed by atoms with van der Waals surface area (Å²) in [7, 11) is 0. The first-order chi connectivity index (χ1) is 8.60. The van der Waals surface area contributed by atoms with E-state index in [1.54, 1.807) is 0 Å². The molecule has 0 amide bonds. The van der Waals surface area contributed by atoms with E-state index in [9.17, 15) is 4.79 Å². The minimum atomic E-state index is -0.660. The Morgan fingerprint density at radius 3 is 2.83 bits per heavy atom. The fourth-order valence-electron chi connectivity index (χ4n) is 3.12. The number of rotatable bonds is 4. The van der Waals surface area contributed by atoms with Crippen molar-refractivity contribution in [1.82, 2.24) is 0 Å². The molecule has 0 saturated heterocycles. The van der Waals surface area contributed by atoms with Gasteiger partial charge in [-0.1, -0.05) is 18.2 Å². The standard InChI is InChI=1S/C15H19NO2/c1-11-8-12-4-2-3-5-13(12)16(11)10-15(6-7-15)9-14(17)18/h2-5,11H,6-10H2,1H3,(H,17,18). The number of para-hydroxylation sites is 1. The average molecular weight is 245 g/mol. The molecule has 1 heterocycles. The molecule has 1 aliphatic carbocycles. The van der Waals surface area contributed by atoms with Crippen LogP contribution in [0.2, 0.25) is 0 Å². The van der Waals surface area contributed by atoms with E-state index >= 15 is 0 Å². The van der Waals surface area contributed by atoms with Gasteiger partial charge in [-0.3, -0.25) is 4.79 Å². The quantitative estimate of drug-likeness (QED) is 0.886. The van der Waals surface area contributed by atoms with Crippen LogP contribution in [0.5, 0.6) is 0 Å². The molecule has 0 aromatic heterocycles. The van der Waals surface area contributed by atoms with Crippen molar-refractivity contribution in [3.8, 4) is 0 Å². The Bertz CT molecular complexity index is 479. The van der Waals surface area contributed by atoms with E-state index in [4.69, 9.17) is 5.11 Å². The number of benzene rings is 1. The molecule has 1 aromatic rings. The zero-order valence-corrected chi connectivity index (χ0v) is 10.7. The third-order valence-corrected chi connectivity index (χ3v) is 4.34. The van der Waals surface area contributed by atoms with Gasteiger partial charge < -0.3 is 10.0 Å². The summed E-state index contributed by atoms with van der Waals surface area (Å²) in [6.07, 6.45) is 3.52. The summed E-state index contributed by atoms with van der Waals surface area (Å²) in [6, 6.07) is 8.99. The maximum atomic E-state index is 10.9. The van der Waals surface area contributed by atoms with Crippen molar-refractivity contribution in [2.45, 2.75) is 38.6 Å². The Hall–Kier alpha value is -1.51. The molecular formula is C15H19NO2. The van der Waals surface area contributed by atoms with Crippen molar-refractivity contribution >= 4 is 11.7 Å². The number of hydrogen-bond acceptors (Lipinski definition) is 2. The minimum Gasteiger partial charge on any atom is -0.481 e. The molecule has 3 heteroatoms. The lowest BCUT2D eigenvalue weighted by molar-refractivity contribution is -0.138. The van der Waals surface area contributed by atoms with Crippen LogP contribution >= 0.6 is 0 Å². The van der Waals surface area contributed by atoms with Crippen molar-refractivity contribution < 1.29 is 9.90 Å². The molecular weight excluding hydrogens is 226 g/mol. The number of anilines is 1. The summed E-state index contributed by atoms with van der Waals surface area (Å²) in [5.41, 5.74) is 2.75. The van der Waals surface area contributed by atoms with Gasteiger partial charge in [0, 0.05) is 18.3 Å². The van der Waals surface area contributed by atoms with Crippen LogP contribution < -0.4 is 4.90 Å². The number of carbonyl (C=O) groups is 1. The number of carboxylic acid groups (broad SMARTS) is 1. The van der Waals surface area contributed by atoms with Crippen molar-refractivity contribution in [3.63, 3.8) is 0 Å². The number of fused-ring (bicyclic) bond motifs is 1. The molecule has 1 saturated carbocycles. The molecule has 3 nitrogen and oxygen atoms in total. The van der Waals surface area contributed by atoms with Crippen molar-refractivity contribution in [2.24, 2.45) is 5.41 Å². The molecule has 0 bridgehead atoms. The van der Waals surface area contributed by atoms with Crippen molar-refractivity contribution in [1.29, 1.82) is 0 Å². The van der Waals surface area contributed by atoms with Crippen LogP contribution in [0.4, 0.5) is 5.69 Å². The van der Waals surface area contributed by atoms with Crippen LogP contribution in [0.15, 0.2) is 24.3 Å². The smallest absolute Gasteiger partial charge is 0.303 e. The van der Waals surface area contributed by atoms with Gasteiger partial charge in [-0.2, -0.15) is 0 Å². The molecule has 0 radical (unpaired) electrons. The molecule has 3 rings (SSSR count). The van der Waals surface area contributed by atoms with E-state index in [0.29, 0.717) is 12.5 Å². The van der Waals surface area contributed by atoms with Gasteiger partial charge >= 0.3 is 5.97 Å². The highest BCUT2D eigenvalue weighted by Crippen LogP contribution is 2.51. The van der Waals surface area contributed by atoms with Gasteiger partial charge in [-0.05, 0) is 43.2 Å². The Balaban J connectivity index is 1.79. The maximum absolute atomic E-state index is 10.9. The molecule has 0 spiro atoms. The fraction of sp³-hybridized carbons (Fsp3) is 0.533. The maximum Gasteiger partial charge on any atom is 0.303 e. The third kappa shape index (κ3) is 1.98. The topological polar surface area (TPSA) is 40.5 Å². The van der Waals surface area contributed by atoms with E-state index in [1.165, 1.54) is 11.3 Å². The zero-order chi connectivity index (χ0) is 12.8. The third-order valence-electron chi connectivity index (χ3n) is 4.34. The Morgan fingerprint density at radius 2 is 2.17 bits per heavy atom. The molecule has 1 atom stereocenters. The number of hydrogen-bond donors (Lipinski definition) is 1. The lowest BCUT2D eigenvalue weighted by atomic mass is 10.0. The summed E-state index contributed by atoms with van der Waals surface area (Å²) in [4.78, 5) is 13.3. The van der Waals surface area contributed by atoms with E-state index in [-0.39, 0.29) is 5.41 Å². The van der Waals surface area contributed by atoms with Gasteiger partial charge in [-0.15, -0.1) is 0 Å².